The Bertz CT molecular complexity index is 1330. The second-order valence-electron chi connectivity index (χ2n) is 8.71. The van der Waals surface area contributed by atoms with E-state index in [2.05, 4.69) is 15.3 Å². The maximum absolute atomic E-state index is 14.1. The molecule has 0 spiro atoms. The number of rotatable bonds is 6. The molecular weight excluding hydrogens is 507 g/mol. The van der Waals surface area contributed by atoms with Crippen molar-refractivity contribution in [3.63, 3.8) is 0 Å². The molecule has 3 aromatic rings. The Morgan fingerprint density at radius 1 is 1.17 bits per heavy atom. The lowest BCUT2D eigenvalue weighted by atomic mass is 9.99. The lowest BCUT2D eigenvalue weighted by Gasteiger charge is -2.42. The van der Waals surface area contributed by atoms with Crippen LogP contribution in [0, 0.1) is 11.6 Å². The van der Waals surface area contributed by atoms with Crippen LogP contribution in [-0.2, 0) is 22.8 Å². The molecular formula is C23H22ClF5N6O. The molecule has 0 unspecified atom stereocenters. The number of nitrogens with one attached hydrogen (secondary N) is 1. The summed E-state index contributed by atoms with van der Waals surface area (Å²) in [7, 11) is 0. The number of carbonyl (C=O) groups excluding carboxylic acids is 1. The van der Waals surface area contributed by atoms with Crippen molar-refractivity contribution in [2.75, 3.05) is 25.1 Å². The zero-order valence-electron chi connectivity index (χ0n) is 19.3. The number of hydrogen-bond donors (Lipinski definition) is 2. The van der Waals surface area contributed by atoms with Gasteiger partial charge in [-0.2, -0.15) is 8.78 Å². The van der Waals surface area contributed by atoms with Gasteiger partial charge >= 0.3 is 5.92 Å². The first-order valence-electron chi connectivity index (χ1n) is 10.9. The molecule has 1 aromatic carbocycles. The predicted octanol–water partition coefficient (Wildman–Crippen LogP) is 4.72. The number of amides is 1. The van der Waals surface area contributed by atoms with Crippen LogP contribution in [0.25, 0.3) is 11.3 Å². The van der Waals surface area contributed by atoms with E-state index in [1.807, 2.05) is 0 Å². The highest BCUT2D eigenvalue weighted by molar-refractivity contribution is 6.31. The fourth-order valence-electron chi connectivity index (χ4n) is 4.21. The number of hydrogen-bond acceptors (Lipinski definition) is 5. The Morgan fingerprint density at radius 3 is 2.53 bits per heavy atom. The Balaban J connectivity index is 1.88. The van der Waals surface area contributed by atoms with E-state index in [0.717, 1.165) is 18.2 Å². The summed E-state index contributed by atoms with van der Waals surface area (Å²) in [6, 6.07) is 5.65. The topological polar surface area (TPSA) is 89.1 Å². The lowest BCUT2D eigenvalue weighted by molar-refractivity contribution is -0.137. The molecule has 1 aliphatic rings. The minimum atomic E-state index is -3.92. The van der Waals surface area contributed by atoms with Gasteiger partial charge < -0.3 is 20.5 Å². The van der Waals surface area contributed by atoms with E-state index in [-0.39, 0.29) is 48.4 Å². The molecule has 0 atom stereocenters. The van der Waals surface area contributed by atoms with Crippen LogP contribution < -0.4 is 11.1 Å². The van der Waals surface area contributed by atoms with E-state index < -0.39 is 40.5 Å². The highest BCUT2D eigenvalue weighted by atomic mass is 35.5. The third kappa shape index (κ3) is 4.39. The van der Waals surface area contributed by atoms with Crippen molar-refractivity contribution in [1.29, 1.82) is 0 Å². The summed E-state index contributed by atoms with van der Waals surface area (Å²) in [6.45, 7) is 1.76. The highest BCUT2D eigenvalue weighted by Gasteiger charge is 2.41. The summed E-state index contributed by atoms with van der Waals surface area (Å²) in [4.78, 5) is 22.4. The van der Waals surface area contributed by atoms with Gasteiger partial charge in [-0.3, -0.25) is 4.79 Å². The Morgan fingerprint density at radius 2 is 1.89 bits per heavy atom. The van der Waals surface area contributed by atoms with Crippen LogP contribution in [0.2, 0.25) is 5.02 Å². The van der Waals surface area contributed by atoms with Gasteiger partial charge in [-0.05, 0) is 44.2 Å². The first kappa shape index (κ1) is 25.8. The number of nitrogens with two attached hydrogens (primary N) is 1. The second kappa shape index (κ2) is 9.32. The van der Waals surface area contributed by atoms with Gasteiger partial charge in [0.15, 0.2) is 18.3 Å². The fourth-order valence-corrected chi connectivity index (χ4v) is 4.45. The van der Waals surface area contributed by atoms with Crippen molar-refractivity contribution in [1.82, 2.24) is 19.4 Å². The number of alkyl halides is 3. The summed E-state index contributed by atoms with van der Waals surface area (Å²) in [5.74, 6) is -5.88. The maximum atomic E-state index is 14.1. The number of aromatic nitrogens is 3. The molecule has 3 N–H and O–H groups in total. The van der Waals surface area contributed by atoms with Crippen LogP contribution >= 0.6 is 11.6 Å². The number of anilines is 2. The molecule has 2 aromatic heterocycles. The van der Waals surface area contributed by atoms with E-state index in [9.17, 15) is 26.7 Å². The molecule has 36 heavy (non-hydrogen) atoms. The molecule has 13 heteroatoms. The molecule has 0 radical (unpaired) electrons. The third-order valence-electron chi connectivity index (χ3n) is 6.01. The molecule has 3 heterocycles. The Labute approximate surface area is 208 Å². The minimum Gasteiger partial charge on any atom is -0.327 e. The van der Waals surface area contributed by atoms with Gasteiger partial charge in [0.2, 0.25) is 5.91 Å². The van der Waals surface area contributed by atoms with Crippen molar-refractivity contribution in [2.24, 2.45) is 5.73 Å². The average Bonchev–Trinajstić information content (AvgIpc) is 3.21. The average molecular weight is 529 g/mol. The van der Waals surface area contributed by atoms with Gasteiger partial charge in [0.05, 0.1) is 17.1 Å². The van der Waals surface area contributed by atoms with Crippen LogP contribution in [0.1, 0.15) is 25.4 Å². The largest absolute Gasteiger partial charge is 0.327 e. The molecule has 4 rings (SSSR count). The fraction of sp³-hybridized carbons (Fsp3) is 0.348. The van der Waals surface area contributed by atoms with E-state index in [1.165, 1.54) is 12.1 Å². The summed E-state index contributed by atoms with van der Waals surface area (Å²) in [5.41, 5.74) is 4.00. The minimum absolute atomic E-state index is 0.104. The third-order valence-corrected chi connectivity index (χ3v) is 6.32. The number of carbonyl (C=O) groups is 1. The normalized spacial score (nSPS) is 15.1. The maximum Gasteiger partial charge on any atom is 0.318 e. The van der Waals surface area contributed by atoms with E-state index in [0.29, 0.717) is 5.82 Å². The number of imidazole rings is 1. The van der Waals surface area contributed by atoms with Crippen LogP contribution in [-0.4, -0.2) is 45.1 Å². The Kier molecular flexibility index (Phi) is 6.69. The van der Waals surface area contributed by atoms with Gasteiger partial charge in [0.1, 0.15) is 28.8 Å². The van der Waals surface area contributed by atoms with Gasteiger partial charge in [-0.25, -0.2) is 23.1 Å². The second-order valence-corrected chi connectivity index (χ2v) is 9.12. The number of halogens is 6. The van der Waals surface area contributed by atoms with Gasteiger partial charge in [0, 0.05) is 18.7 Å². The zero-order chi connectivity index (χ0) is 26.4. The first-order chi connectivity index (χ1) is 16.9. The van der Waals surface area contributed by atoms with Crippen molar-refractivity contribution >= 4 is 29.1 Å². The zero-order valence-corrected chi connectivity index (χ0v) is 20.0. The molecule has 1 amide bonds. The lowest BCUT2D eigenvalue weighted by Crippen LogP contribution is -2.53. The summed E-state index contributed by atoms with van der Waals surface area (Å²) < 4.78 is 70.5. The number of benzene rings is 1. The quantitative estimate of drug-likeness (QED) is 0.452. The molecule has 1 aliphatic heterocycles. The number of pyridine rings is 1. The van der Waals surface area contributed by atoms with Gasteiger partial charge in [-0.1, -0.05) is 11.6 Å². The Hall–Kier alpha value is -3.25. The SMILES string of the molecule is CC1(C)c2nc(-c3ccc(F)c(F)c3)c(Nc3ccc(Cl)c(C(F)(F)CF)n3)n2CCN1C(=O)CN. The van der Waals surface area contributed by atoms with E-state index in [1.54, 1.807) is 23.3 Å². The van der Waals surface area contributed by atoms with Crippen LogP contribution in [0.15, 0.2) is 30.3 Å². The van der Waals surface area contributed by atoms with E-state index >= 15 is 0 Å². The van der Waals surface area contributed by atoms with Crippen molar-refractivity contribution in [3.8, 4) is 11.3 Å². The summed E-state index contributed by atoms with van der Waals surface area (Å²) in [5, 5.41) is 2.48. The molecule has 7 nitrogen and oxygen atoms in total. The molecule has 192 valence electrons. The highest BCUT2D eigenvalue weighted by Crippen LogP contribution is 2.40. The predicted molar refractivity (Wildman–Crippen MR) is 124 cm³/mol. The van der Waals surface area contributed by atoms with Gasteiger partial charge in [-0.15, -0.1) is 0 Å². The van der Waals surface area contributed by atoms with Crippen molar-refractivity contribution in [2.45, 2.75) is 31.9 Å². The van der Waals surface area contributed by atoms with Crippen LogP contribution in [0.3, 0.4) is 0 Å². The first-order valence-corrected chi connectivity index (χ1v) is 11.2. The van der Waals surface area contributed by atoms with E-state index in [4.69, 9.17) is 17.3 Å². The number of nitrogens with zero attached hydrogens (tertiary/aromatic N) is 4. The van der Waals surface area contributed by atoms with Crippen LogP contribution in [0.5, 0.6) is 0 Å². The monoisotopic (exact) mass is 528 g/mol. The standard InChI is InChI=1S/C23H22ClF5N6O/c1-22(2)21-33-18(12-3-5-14(26)15(27)9-12)20(34(21)7-8-35(22)17(36)10-30)32-16-6-4-13(24)19(31-16)23(28,29)11-25/h3-6,9H,7-8,10-11,30H2,1-2H3,(H,31,32). The summed E-state index contributed by atoms with van der Waals surface area (Å²) >= 11 is 5.83. The van der Waals surface area contributed by atoms with Crippen molar-refractivity contribution < 1.29 is 26.7 Å². The van der Waals surface area contributed by atoms with Crippen molar-refractivity contribution in [3.05, 3.63) is 58.5 Å². The summed E-state index contributed by atoms with van der Waals surface area (Å²) in [6.07, 6.45) is 0. The molecule has 0 saturated heterocycles. The molecule has 0 fully saturated rings. The molecule has 0 aliphatic carbocycles. The smallest absolute Gasteiger partial charge is 0.318 e. The molecule has 0 saturated carbocycles. The number of fused-ring (bicyclic) bond motifs is 1. The molecule has 0 bridgehead atoms. The van der Waals surface area contributed by atoms with Gasteiger partial charge in [0.25, 0.3) is 0 Å². The van der Waals surface area contributed by atoms with Crippen LogP contribution in [0.4, 0.5) is 33.6 Å².